The maximum Gasteiger partial charge on any atom is 0.310 e. The van der Waals surface area contributed by atoms with Gasteiger partial charge < -0.3 is 10.5 Å². The van der Waals surface area contributed by atoms with Gasteiger partial charge >= 0.3 is 5.97 Å². The van der Waals surface area contributed by atoms with Gasteiger partial charge in [-0.15, -0.1) is 0 Å². The van der Waals surface area contributed by atoms with Crippen molar-refractivity contribution in [3.05, 3.63) is 40.6 Å². The van der Waals surface area contributed by atoms with Gasteiger partial charge in [0, 0.05) is 12.3 Å². The first kappa shape index (κ1) is 14.3. The summed E-state index contributed by atoms with van der Waals surface area (Å²) >= 11 is 0. The Kier molecular flexibility index (Phi) is 4.54. The summed E-state index contributed by atoms with van der Waals surface area (Å²) in [5, 5.41) is 8.91. The number of carbonyl (C=O) groups is 1. The quantitative estimate of drug-likeness (QED) is 0.852. The molecule has 1 unspecified atom stereocenters. The largest absolute Gasteiger partial charge is 0.431 e. The van der Waals surface area contributed by atoms with Crippen LogP contribution >= 0.6 is 0 Å². The molecule has 20 heavy (non-hydrogen) atoms. The molecule has 0 saturated heterocycles. The van der Waals surface area contributed by atoms with Crippen molar-refractivity contribution in [1.82, 2.24) is 0 Å². The number of carbonyl (C=O) groups excluding carboxylic acids is 1. The molecule has 2 N–H and O–H groups in total. The number of nitrogens with zero attached hydrogens (tertiary/aromatic N) is 1. The Hall–Kier alpha value is -2.12. The van der Waals surface area contributed by atoms with Crippen LogP contribution in [-0.4, -0.2) is 12.5 Å². The Balaban J connectivity index is 2.16. The zero-order valence-electron chi connectivity index (χ0n) is 11.6. The molecule has 1 aliphatic rings. The van der Waals surface area contributed by atoms with Gasteiger partial charge in [0.05, 0.1) is 11.6 Å². The van der Waals surface area contributed by atoms with Crippen LogP contribution in [0.5, 0.6) is 0 Å². The number of allylic oxidation sites excluding steroid dienone is 1. The van der Waals surface area contributed by atoms with Crippen LogP contribution in [0.1, 0.15) is 36.5 Å². The Bertz CT molecular complexity index is 585. The standard InChI is InChI=1S/C16H18N2O2/c1-11-7-14-8-12(10-18)4-5-13(14)9-15(11)20-16(19)3-2-6-17/h4-5,8-9,11H,2-3,6-7,17H2,1H3. The number of nitriles is 1. The number of benzene rings is 1. The Labute approximate surface area is 118 Å². The van der Waals surface area contributed by atoms with E-state index >= 15 is 0 Å². The molecule has 0 radical (unpaired) electrons. The predicted octanol–water partition coefficient (Wildman–Crippen LogP) is 2.37. The lowest BCUT2D eigenvalue weighted by Crippen LogP contribution is -2.16. The van der Waals surface area contributed by atoms with Gasteiger partial charge in [0.2, 0.25) is 0 Å². The van der Waals surface area contributed by atoms with Crippen LogP contribution < -0.4 is 5.73 Å². The number of nitrogens with two attached hydrogens (primary N) is 1. The van der Waals surface area contributed by atoms with E-state index in [1.165, 1.54) is 0 Å². The molecule has 104 valence electrons. The molecular weight excluding hydrogens is 252 g/mol. The van der Waals surface area contributed by atoms with Gasteiger partial charge in [-0.1, -0.05) is 13.0 Å². The molecule has 0 heterocycles. The summed E-state index contributed by atoms with van der Waals surface area (Å²) < 4.78 is 5.42. The summed E-state index contributed by atoms with van der Waals surface area (Å²) in [4.78, 5) is 11.7. The highest BCUT2D eigenvalue weighted by Gasteiger charge is 2.21. The Morgan fingerprint density at radius 2 is 2.35 bits per heavy atom. The van der Waals surface area contributed by atoms with Crippen LogP contribution in [-0.2, 0) is 16.0 Å². The van der Waals surface area contributed by atoms with Crippen molar-refractivity contribution in [2.24, 2.45) is 11.7 Å². The lowest BCUT2D eigenvalue weighted by atomic mass is 9.88. The van der Waals surface area contributed by atoms with Crippen molar-refractivity contribution in [1.29, 1.82) is 5.26 Å². The van der Waals surface area contributed by atoms with Gasteiger partial charge in [-0.3, -0.25) is 4.79 Å². The second kappa shape index (κ2) is 6.36. The zero-order valence-corrected chi connectivity index (χ0v) is 11.6. The maximum atomic E-state index is 11.7. The Morgan fingerprint density at radius 1 is 1.55 bits per heavy atom. The minimum absolute atomic E-state index is 0.137. The molecule has 0 aliphatic heterocycles. The van der Waals surface area contributed by atoms with E-state index < -0.39 is 0 Å². The number of esters is 1. The van der Waals surface area contributed by atoms with E-state index in [0.29, 0.717) is 30.7 Å². The van der Waals surface area contributed by atoms with E-state index in [2.05, 4.69) is 6.07 Å². The first-order chi connectivity index (χ1) is 9.63. The summed E-state index contributed by atoms with van der Waals surface area (Å²) in [6, 6.07) is 7.71. The minimum Gasteiger partial charge on any atom is -0.431 e. The highest BCUT2D eigenvalue weighted by atomic mass is 16.5. The lowest BCUT2D eigenvalue weighted by Gasteiger charge is -2.22. The smallest absolute Gasteiger partial charge is 0.310 e. The third-order valence-corrected chi connectivity index (χ3v) is 3.40. The monoisotopic (exact) mass is 270 g/mol. The summed E-state index contributed by atoms with van der Waals surface area (Å²) in [7, 11) is 0. The van der Waals surface area contributed by atoms with Crippen molar-refractivity contribution in [2.75, 3.05) is 6.54 Å². The van der Waals surface area contributed by atoms with Crippen LogP contribution in [0.2, 0.25) is 0 Å². The van der Waals surface area contributed by atoms with E-state index in [1.54, 1.807) is 6.07 Å². The van der Waals surface area contributed by atoms with Crippen LogP contribution in [0.3, 0.4) is 0 Å². The highest BCUT2D eigenvalue weighted by molar-refractivity contribution is 5.72. The molecule has 1 aliphatic carbocycles. The molecule has 2 rings (SSSR count). The fourth-order valence-corrected chi connectivity index (χ4v) is 2.28. The molecule has 0 amide bonds. The average Bonchev–Trinajstić information content (AvgIpc) is 2.45. The maximum absolute atomic E-state index is 11.7. The molecule has 4 heteroatoms. The second-order valence-corrected chi connectivity index (χ2v) is 5.04. The molecule has 0 aromatic heterocycles. The SMILES string of the molecule is CC1Cc2cc(C#N)ccc2C=C1OC(=O)CCCN. The number of hydrogen-bond acceptors (Lipinski definition) is 4. The molecular formula is C16H18N2O2. The van der Waals surface area contributed by atoms with Crippen LogP contribution in [0.15, 0.2) is 24.0 Å². The van der Waals surface area contributed by atoms with Gasteiger partial charge in [-0.2, -0.15) is 5.26 Å². The normalized spacial score (nSPS) is 16.9. The molecule has 0 fully saturated rings. The summed E-state index contributed by atoms with van der Waals surface area (Å²) in [6.07, 6.45) is 3.66. The molecule has 0 saturated carbocycles. The molecule has 1 aromatic carbocycles. The van der Waals surface area contributed by atoms with Gasteiger partial charge in [0.15, 0.2) is 0 Å². The average molecular weight is 270 g/mol. The third-order valence-electron chi connectivity index (χ3n) is 3.40. The Morgan fingerprint density at radius 3 is 3.05 bits per heavy atom. The first-order valence-electron chi connectivity index (χ1n) is 6.79. The molecule has 0 spiro atoms. The van der Waals surface area contributed by atoms with Gasteiger partial charge in [-0.05, 0) is 48.7 Å². The summed E-state index contributed by atoms with van der Waals surface area (Å²) in [6.45, 7) is 2.51. The number of fused-ring (bicyclic) bond motifs is 1. The van der Waals surface area contributed by atoms with Crippen molar-refractivity contribution < 1.29 is 9.53 Å². The summed E-state index contributed by atoms with van der Waals surface area (Å²) in [5.74, 6) is 0.605. The van der Waals surface area contributed by atoms with E-state index in [-0.39, 0.29) is 11.9 Å². The van der Waals surface area contributed by atoms with Crippen molar-refractivity contribution in [3.63, 3.8) is 0 Å². The molecule has 1 aromatic rings. The highest BCUT2D eigenvalue weighted by Crippen LogP contribution is 2.30. The number of ether oxygens (including phenoxy) is 1. The summed E-state index contributed by atoms with van der Waals surface area (Å²) in [5.41, 5.74) is 8.18. The predicted molar refractivity (Wildman–Crippen MR) is 76.4 cm³/mol. The van der Waals surface area contributed by atoms with E-state index in [1.807, 2.05) is 25.1 Å². The van der Waals surface area contributed by atoms with E-state index in [0.717, 1.165) is 17.5 Å². The van der Waals surface area contributed by atoms with Crippen LogP contribution in [0.4, 0.5) is 0 Å². The minimum atomic E-state index is -0.231. The zero-order chi connectivity index (χ0) is 14.5. The number of hydrogen-bond donors (Lipinski definition) is 1. The molecule has 4 nitrogen and oxygen atoms in total. The van der Waals surface area contributed by atoms with Crippen molar-refractivity contribution >= 4 is 12.0 Å². The molecule has 1 atom stereocenters. The van der Waals surface area contributed by atoms with Gasteiger partial charge in [-0.25, -0.2) is 0 Å². The first-order valence-corrected chi connectivity index (χ1v) is 6.79. The van der Waals surface area contributed by atoms with E-state index in [9.17, 15) is 4.79 Å². The van der Waals surface area contributed by atoms with Gasteiger partial charge in [0.1, 0.15) is 5.76 Å². The molecule has 0 bridgehead atoms. The van der Waals surface area contributed by atoms with Crippen LogP contribution in [0, 0.1) is 17.2 Å². The van der Waals surface area contributed by atoms with Gasteiger partial charge in [0.25, 0.3) is 0 Å². The van der Waals surface area contributed by atoms with E-state index in [4.69, 9.17) is 15.7 Å². The van der Waals surface area contributed by atoms with Crippen LogP contribution in [0.25, 0.3) is 6.08 Å². The third kappa shape index (κ3) is 3.25. The fourth-order valence-electron chi connectivity index (χ4n) is 2.28. The fraction of sp³-hybridized carbons (Fsp3) is 0.375. The lowest BCUT2D eigenvalue weighted by molar-refractivity contribution is -0.140. The van der Waals surface area contributed by atoms with Crippen molar-refractivity contribution in [3.8, 4) is 6.07 Å². The second-order valence-electron chi connectivity index (χ2n) is 5.04. The van der Waals surface area contributed by atoms with Crippen molar-refractivity contribution in [2.45, 2.75) is 26.2 Å². The topological polar surface area (TPSA) is 76.1 Å². The number of rotatable bonds is 4.